The van der Waals surface area contributed by atoms with Gasteiger partial charge in [-0.15, -0.1) is 0 Å². The summed E-state index contributed by atoms with van der Waals surface area (Å²) in [6, 6.07) is 17.3. The zero-order chi connectivity index (χ0) is 50.0. The molecule has 2 aliphatic heterocycles. The second-order valence-corrected chi connectivity index (χ2v) is 24.2. The van der Waals surface area contributed by atoms with Crippen molar-refractivity contribution in [2.75, 3.05) is 49.8 Å². The van der Waals surface area contributed by atoms with Crippen molar-refractivity contribution in [1.82, 2.24) is 20.1 Å². The molecule has 0 spiro atoms. The zero-order valence-corrected chi connectivity index (χ0v) is 43.1. The first-order valence-electron chi connectivity index (χ1n) is 25.3. The van der Waals surface area contributed by atoms with Crippen LogP contribution in [0.3, 0.4) is 0 Å². The third kappa shape index (κ3) is 10.3. The number of methoxy groups -OCH3 is 1. The van der Waals surface area contributed by atoms with Crippen LogP contribution in [0.1, 0.15) is 150 Å². The zero-order valence-electron chi connectivity index (χ0n) is 43.1. The number of hydrogen-bond donors (Lipinski definition) is 2. The second kappa shape index (κ2) is 18.3. The molecular formula is C56H74N6O8. The quantitative estimate of drug-likeness (QED) is 0.0912. The van der Waals surface area contributed by atoms with Crippen LogP contribution in [-0.2, 0) is 38.3 Å². The lowest BCUT2D eigenvalue weighted by atomic mass is 9.39. The molecule has 2 N–H and O–H groups in total. The van der Waals surface area contributed by atoms with E-state index in [0.29, 0.717) is 63.5 Å². The number of fused-ring (bicyclic) bond motifs is 1. The highest BCUT2D eigenvalue weighted by atomic mass is 16.6. The van der Waals surface area contributed by atoms with Gasteiger partial charge in [-0.2, -0.15) is 5.10 Å². The van der Waals surface area contributed by atoms with Crippen molar-refractivity contribution in [1.29, 1.82) is 0 Å². The number of ether oxygens (including phenoxy) is 4. The number of benzene rings is 2. The molecule has 2 aromatic carbocycles. The van der Waals surface area contributed by atoms with E-state index >= 15 is 0 Å². The minimum absolute atomic E-state index is 0.0131. The monoisotopic (exact) mass is 959 g/mol. The Morgan fingerprint density at radius 3 is 2.24 bits per heavy atom. The standard InChI is InChI=1S/C56H74N6O8/c1-36-43(27-57-62(36)35-55-30-53(8)29-54(9,31-55)33-56(32-53,34-55)68-23-22-67-10)41-16-17-45(59-47(41)49(65)69-51(2,3)4)61-21-18-38-25-40(60-20-19-39(28-60)58-50(66)70-52(5,6)7)26-42(48(63)64)46(38)44(61)24-37-14-12-11-13-15-37/h11-17,25-27,39,44H,18-24,28-35H2,1-10H3,(H,58,66)(H,63,64). The van der Waals surface area contributed by atoms with Gasteiger partial charge >= 0.3 is 18.0 Å². The summed E-state index contributed by atoms with van der Waals surface area (Å²) in [4.78, 5) is 50.1. The van der Waals surface area contributed by atoms with Gasteiger partial charge in [0.2, 0.25) is 0 Å². The lowest BCUT2D eigenvalue weighted by Gasteiger charge is -2.69. The summed E-state index contributed by atoms with van der Waals surface area (Å²) in [5.41, 5.74) is 5.19. The molecule has 1 saturated heterocycles. The topological polar surface area (TPSA) is 158 Å². The molecule has 14 nitrogen and oxygen atoms in total. The van der Waals surface area contributed by atoms with E-state index in [2.05, 4.69) is 58.8 Å². The molecule has 0 radical (unpaired) electrons. The maximum atomic E-state index is 14.5. The summed E-state index contributed by atoms with van der Waals surface area (Å²) in [7, 11) is 1.73. The Hall–Kier alpha value is -5.47. The number of carbonyl (C=O) groups is 3. The van der Waals surface area contributed by atoms with Crippen molar-refractivity contribution in [3.63, 3.8) is 0 Å². The number of alkyl carbamates (subject to hydrolysis) is 1. The Bertz CT molecular complexity index is 2610. The predicted octanol–water partition coefficient (Wildman–Crippen LogP) is 10.1. The Balaban J connectivity index is 1.05. The number of aromatic nitrogens is 3. The van der Waals surface area contributed by atoms with Crippen LogP contribution < -0.4 is 15.1 Å². The Morgan fingerprint density at radius 1 is 0.857 bits per heavy atom. The van der Waals surface area contributed by atoms with Crippen LogP contribution in [0.4, 0.5) is 16.3 Å². The highest BCUT2D eigenvalue weighted by Gasteiger charge is 2.66. The minimum Gasteiger partial charge on any atom is -0.478 e. The number of esters is 1. The van der Waals surface area contributed by atoms with E-state index in [1.807, 2.05) is 78.1 Å². The SMILES string of the molecule is COCCOC12CC3(C)CC(C)(CC(Cn4ncc(-c5ccc(N6CCc7cc(N8CCC(NC(=O)OC(C)(C)C)C8)cc(C(=O)O)c7C6Cc6ccccc6)nc5C(=O)OC(C)(C)C)c4C)(C3)C1)C2. The van der Waals surface area contributed by atoms with Gasteiger partial charge in [-0.05, 0) is 163 Å². The van der Waals surface area contributed by atoms with E-state index in [1.54, 1.807) is 13.2 Å². The molecule has 4 aliphatic carbocycles. The normalized spacial score (nSPS) is 27.1. The van der Waals surface area contributed by atoms with Crippen molar-refractivity contribution in [2.24, 2.45) is 16.2 Å². The van der Waals surface area contributed by atoms with E-state index in [4.69, 9.17) is 29.0 Å². The van der Waals surface area contributed by atoms with Gasteiger partial charge in [-0.3, -0.25) is 4.68 Å². The highest BCUT2D eigenvalue weighted by Crippen LogP contribution is 2.72. The second-order valence-electron chi connectivity index (χ2n) is 24.2. The number of pyridine rings is 1. The number of nitrogens with zero attached hydrogens (tertiary/aromatic N) is 5. The fraction of sp³-hybridized carbons (Fsp3) is 0.589. The third-order valence-electron chi connectivity index (χ3n) is 15.4. The van der Waals surface area contributed by atoms with Crippen LogP contribution >= 0.6 is 0 Å². The van der Waals surface area contributed by atoms with Gasteiger partial charge in [0.15, 0.2) is 5.69 Å². The van der Waals surface area contributed by atoms with Crippen LogP contribution in [0, 0.1) is 23.2 Å². The summed E-state index contributed by atoms with van der Waals surface area (Å²) in [6.45, 7) is 21.7. The Kier molecular flexibility index (Phi) is 12.9. The summed E-state index contributed by atoms with van der Waals surface area (Å²) >= 11 is 0. The number of amides is 1. The molecule has 4 atom stereocenters. The fourth-order valence-corrected chi connectivity index (χ4v) is 14.1. The Labute approximate surface area is 413 Å². The molecule has 4 heterocycles. The largest absolute Gasteiger partial charge is 0.478 e. The maximum Gasteiger partial charge on any atom is 0.407 e. The average Bonchev–Trinajstić information content (AvgIpc) is 3.86. The van der Waals surface area contributed by atoms with Gasteiger partial charge in [-0.1, -0.05) is 44.2 Å². The van der Waals surface area contributed by atoms with E-state index in [9.17, 15) is 19.5 Å². The molecule has 14 heteroatoms. The molecule has 10 rings (SSSR count). The number of nitrogens with one attached hydrogen (secondary N) is 1. The van der Waals surface area contributed by atoms with Crippen LogP contribution in [0.5, 0.6) is 0 Å². The molecule has 2 aromatic heterocycles. The van der Waals surface area contributed by atoms with Gasteiger partial charge in [0.05, 0.1) is 42.7 Å². The van der Waals surface area contributed by atoms with Crippen molar-refractivity contribution in [3.8, 4) is 11.1 Å². The Morgan fingerprint density at radius 2 is 1.57 bits per heavy atom. The highest BCUT2D eigenvalue weighted by molar-refractivity contribution is 5.96. The molecular weight excluding hydrogens is 885 g/mol. The van der Waals surface area contributed by atoms with Gasteiger partial charge in [0.1, 0.15) is 17.0 Å². The van der Waals surface area contributed by atoms with Gasteiger partial charge < -0.3 is 39.2 Å². The third-order valence-corrected chi connectivity index (χ3v) is 15.4. The minimum atomic E-state index is -1.02. The van der Waals surface area contributed by atoms with Crippen molar-refractivity contribution < 1.29 is 38.4 Å². The van der Waals surface area contributed by atoms with Gasteiger partial charge in [0, 0.05) is 55.8 Å². The number of rotatable bonds is 14. The molecule has 4 bridgehead atoms. The van der Waals surface area contributed by atoms with Gasteiger partial charge in [0.25, 0.3) is 0 Å². The first-order chi connectivity index (χ1) is 33.0. The number of carboxylic acid groups (broad SMARTS) is 1. The van der Waals surface area contributed by atoms with E-state index in [1.165, 1.54) is 6.42 Å². The molecule has 1 amide bonds. The lowest BCUT2D eigenvalue weighted by Crippen LogP contribution is -2.64. The number of carboxylic acids is 1. The van der Waals surface area contributed by atoms with E-state index in [-0.39, 0.29) is 39.1 Å². The summed E-state index contributed by atoms with van der Waals surface area (Å²) < 4.78 is 26.0. The van der Waals surface area contributed by atoms with Crippen molar-refractivity contribution >= 4 is 29.5 Å². The molecule has 4 aromatic rings. The van der Waals surface area contributed by atoms with Crippen molar-refractivity contribution in [3.05, 3.63) is 94.4 Å². The molecule has 4 unspecified atom stereocenters. The molecule has 4 saturated carbocycles. The first kappa shape index (κ1) is 49.5. The molecule has 6 aliphatic rings. The smallest absolute Gasteiger partial charge is 0.407 e. The van der Waals surface area contributed by atoms with Gasteiger partial charge in [-0.25, -0.2) is 19.4 Å². The number of anilines is 2. The average molecular weight is 959 g/mol. The molecule has 5 fully saturated rings. The van der Waals surface area contributed by atoms with Crippen LogP contribution in [0.2, 0.25) is 0 Å². The van der Waals surface area contributed by atoms with Crippen LogP contribution in [0.15, 0.2) is 60.8 Å². The summed E-state index contributed by atoms with van der Waals surface area (Å²) in [5.74, 6) is -0.992. The molecule has 70 heavy (non-hydrogen) atoms. The molecule has 376 valence electrons. The van der Waals surface area contributed by atoms with Crippen molar-refractivity contribution in [2.45, 2.75) is 156 Å². The lowest BCUT2D eigenvalue weighted by molar-refractivity contribution is -0.250. The number of carbonyl (C=O) groups excluding carboxylic acids is 2. The number of aromatic carboxylic acids is 1. The van der Waals surface area contributed by atoms with E-state index in [0.717, 1.165) is 72.3 Å². The first-order valence-corrected chi connectivity index (χ1v) is 25.3. The summed E-state index contributed by atoms with van der Waals surface area (Å²) in [6.07, 6.45) is 9.77. The predicted molar refractivity (Wildman–Crippen MR) is 270 cm³/mol. The maximum absolute atomic E-state index is 14.5. The van der Waals surface area contributed by atoms with Crippen LogP contribution in [0.25, 0.3) is 11.1 Å². The number of hydrogen-bond acceptors (Lipinski definition) is 11. The fourth-order valence-electron chi connectivity index (χ4n) is 14.1. The van der Waals surface area contributed by atoms with E-state index < -0.39 is 35.3 Å². The summed E-state index contributed by atoms with van der Waals surface area (Å²) in [5, 5.41) is 19.0. The van der Waals surface area contributed by atoms with Crippen LogP contribution in [-0.4, -0.2) is 101 Å².